The summed E-state index contributed by atoms with van der Waals surface area (Å²) in [5.41, 5.74) is 3.69. The minimum Gasteiger partial charge on any atom is -0.478 e. The molecule has 4 rings (SSSR count). The van der Waals surface area contributed by atoms with Crippen molar-refractivity contribution in [2.45, 2.75) is 45.8 Å². The second-order valence-corrected chi connectivity index (χ2v) is 9.53. The van der Waals surface area contributed by atoms with Crippen molar-refractivity contribution in [2.24, 2.45) is 0 Å². The molecule has 0 saturated heterocycles. The van der Waals surface area contributed by atoms with Crippen LogP contribution in [0.4, 0.5) is 10.1 Å². The van der Waals surface area contributed by atoms with E-state index in [1.807, 2.05) is 32.9 Å². The van der Waals surface area contributed by atoms with E-state index in [4.69, 9.17) is 4.74 Å². The molecule has 1 aliphatic heterocycles. The number of carboxylic acid groups (broad SMARTS) is 1. The monoisotopic (exact) mass is 461 g/mol. The van der Waals surface area contributed by atoms with Gasteiger partial charge in [0.05, 0.1) is 11.1 Å². The predicted octanol–water partition coefficient (Wildman–Crippen LogP) is 6.10. The summed E-state index contributed by atoms with van der Waals surface area (Å²) < 4.78 is 20.7. The summed E-state index contributed by atoms with van der Waals surface area (Å²) in [5.74, 6) is -1.75. The molecule has 3 aromatic carbocycles. The Balaban J connectivity index is 1.60. The fourth-order valence-electron chi connectivity index (χ4n) is 4.27. The molecule has 0 radical (unpaired) electrons. The molecule has 1 aliphatic rings. The SMILES string of the molecule is CC(C)(C)OC(=O)c1ccccc1-c1ccc(CN2CCCc3cc(C(=O)O)ccc32)c(F)c1. The summed E-state index contributed by atoms with van der Waals surface area (Å²) in [6.07, 6.45) is 1.68. The van der Waals surface area contributed by atoms with Crippen molar-refractivity contribution >= 4 is 17.6 Å². The van der Waals surface area contributed by atoms with E-state index in [1.165, 1.54) is 6.07 Å². The third-order valence-corrected chi connectivity index (χ3v) is 5.81. The molecule has 0 unspecified atom stereocenters. The van der Waals surface area contributed by atoms with Gasteiger partial charge < -0.3 is 14.7 Å². The molecule has 5 nitrogen and oxygen atoms in total. The Morgan fingerprint density at radius 1 is 1.06 bits per heavy atom. The molecule has 0 saturated carbocycles. The number of hydrogen-bond donors (Lipinski definition) is 1. The first-order chi connectivity index (χ1) is 16.1. The molecule has 0 fully saturated rings. The van der Waals surface area contributed by atoms with Gasteiger partial charge in [0.15, 0.2) is 0 Å². The van der Waals surface area contributed by atoms with Gasteiger partial charge in [-0.2, -0.15) is 0 Å². The normalized spacial score (nSPS) is 13.4. The molecule has 0 amide bonds. The highest BCUT2D eigenvalue weighted by molar-refractivity contribution is 5.97. The molecule has 34 heavy (non-hydrogen) atoms. The number of anilines is 1. The van der Waals surface area contributed by atoms with Crippen LogP contribution in [0, 0.1) is 5.82 Å². The molecule has 0 bridgehead atoms. The van der Waals surface area contributed by atoms with Crippen LogP contribution in [0.15, 0.2) is 60.7 Å². The first kappa shape index (κ1) is 23.5. The second kappa shape index (κ2) is 9.29. The lowest BCUT2D eigenvalue weighted by Gasteiger charge is -2.31. The largest absolute Gasteiger partial charge is 0.478 e. The van der Waals surface area contributed by atoms with E-state index in [2.05, 4.69) is 4.90 Å². The van der Waals surface area contributed by atoms with E-state index in [0.717, 1.165) is 30.6 Å². The first-order valence-electron chi connectivity index (χ1n) is 11.3. The molecule has 0 aromatic heterocycles. The van der Waals surface area contributed by atoms with Crippen molar-refractivity contribution < 1.29 is 23.8 Å². The third kappa shape index (κ3) is 5.11. The van der Waals surface area contributed by atoms with Gasteiger partial charge in [-0.1, -0.05) is 30.3 Å². The van der Waals surface area contributed by atoms with Crippen LogP contribution in [0.1, 0.15) is 59.0 Å². The van der Waals surface area contributed by atoms with Crippen LogP contribution in [0.3, 0.4) is 0 Å². The molecule has 3 aromatic rings. The van der Waals surface area contributed by atoms with E-state index < -0.39 is 17.5 Å². The van der Waals surface area contributed by atoms with Gasteiger partial charge in [0.1, 0.15) is 11.4 Å². The molecule has 1 N–H and O–H groups in total. The lowest BCUT2D eigenvalue weighted by molar-refractivity contribution is 0.00702. The Morgan fingerprint density at radius 3 is 2.53 bits per heavy atom. The maximum Gasteiger partial charge on any atom is 0.339 e. The third-order valence-electron chi connectivity index (χ3n) is 5.81. The molecular formula is C28H28FNO4. The Bertz CT molecular complexity index is 1250. The average molecular weight is 462 g/mol. The van der Waals surface area contributed by atoms with E-state index in [-0.39, 0.29) is 11.4 Å². The van der Waals surface area contributed by atoms with E-state index in [9.17, 15) is 14.7 Å². The van der Waals surface area contributed by atoms with Crippen molar-refractivity contribution in [2.75, 3.05) is 11.4 Å². The summed E-state index contributed by atoms with van der Waals surface area (Å²) in [6, 6.07) is 17.2. The Hall–Kier alpha value is -3.67. The van der Waals surface area contributed by atoms with Gasteiger partial charge in [-0.3, -0.25) is 0 Å². The number of aryl methyl sites for hydroxylation is 1. The number of esters is 1. The number of fused-ring (bicyclic) bond motifs is 1. The number of aromatic carboxylic acids is 1. The number of nitrogens with zero attached hydrogens (tertiary/aromatic N) is 1. The molecule has 1 heterocycles. The first-order valence-corrected chi connectivity index (χ1v) is 11.3. The van der Waals surface area contributed by atoms with Gasteiger partial charge in [-0.25, -0.2) is 14.0 Å². The zero-order chi connectivity index (χ0) is 24.5. The fourth-order valence-corrected chi connectivity index (χ4v) is 4.27. The highest BCUT2D eigenvalue weighted by atomic mass is 19.1. The molecule has 6 heteroatoms. The van der Waals surface area contributed by atoms with Gasteiger partial charge in [0, 0.05) is 24.3 Å². The van der Waals surface area contributed by atoms with E-state index >= 15 is 4.39 Å². The van der Waals surface area contributed by atoms with Gasteiger partial charge >= 0.3 is 11.9 Å². The number of hydrogen-bond acceptors (Lipinski definition) is 4. The summed E-state index contributed by atoms with van der Waals surface area (Å²) in [6.45, 7) is 6.57. The van der Waals surface area contributed by atoms with Gasteiger partial charge in [-0.05, 0) is 80.6 Å². The summed E-state index contributed by atoms with van der Waals surface area (Å²) in [5, 5.41) is 9.26. The molecule has 0 spiro atoms. The summed E-state index contributed by atoms with van der Waals surface area (Å²) in [4.78, 5) is 26.1. The maximum atomic E-state index is 15.2. The molecule has 0 aliphatic carbocycles. The smallest absolute Gasteiger partial charge is 0.339 e. The number of carbonyl (C=O) groups excluding carboxylic acids is 1. The van der Waals surface area contributed by atoms with E-state index in [0.29, 0.717) is 28.8 Å². The highest BCUT2D eigenvalue weighted by Gasteiger charge is 2.22. The zero-order valence-electron chi connectivity index (χ0n) is 19.6. The van der Waals surface area contributed by atoms with Crippen LogP contribution in [-0.4, -0.2) is 29.2 Å². The minimum atomic E-state index is -0.951. The fraction of sp³-hybridized carbons (Fsp3) is 0.286. The van der Waals surface area contributed by atoms with Gasteiger partial charge in [-0.15, -0.1) is 0 Å². The zero-order valence-corrected chi connectivity index (χ0v) is 19.6. The van der Waals surface area contributed by atoms with Crippen molar-refractivity contribution in [1.82, 2.24) is 0 Å². The van der Waals surface area contributed by atoms with Crippen molar-refractivity contribution in [3.05, 3.63) is 88.7 Å². The highest BCUT2D eigenvalue weighted by Crippen LogP contribution is 2.32. The molecule has 0 atom stereocenters. The molecular weight excluding hydrogens is 433 g/mol. The molecule has 176 valence electrons. The summed E-state index contributed by atoms with van der Waals surface area (Å²) in [7, 11) is 0. The van der Waals surface area contributed by atoms with Crippen LogP contribution in [0.5, 0.6) is 0 Å². The Morgan fingerprint density at radius 2 is 1.82 bits per heavy atom. The standard InChI is InChI=1S/C28H28FNO4/c1-28(2,3)34-27(33)23-9-5-4-8-22(23)18-10-11-21(24(29)16-18)17-30-14-6-7-19-15-20(26(31)32)12-13-25(19)30/h4-5,8-13,15-16H,6-7,14,17H2,1-3H3,(H,31,32). The maximum absolute atomic E-state index is 15.2. The number of benzene rings is 3. The topological polar surface area (TPSA) is 66.8 Å². The minimum absolute atomic E-state index is 0.264. The average Bonchev–Trinajstić information content (AvgIpc) is 2.79. The number of halogens is 1. The van der Waals surface area contributed by atoms with Gasteiger partial charge in [0.25, 0.3) is 0 Å². The van der Waals surface area contributed by atoms with Crippen molar-refractivity contribution in [3.63, 3.8) is 0 Å². The van der Waals surface area contributed by atoms with Crippen molar-refractivity contribution in [3.8, 4) is 11.1 Å². The number of carboxylic acids is 1. The lowest BCUT2D eigenvalue weighted by Crippen LogP contribution is -2.29. The van der Waals surface area contributed by atoms with Gasteiger partial charge in [0.2, 0.25) is 0 Å². The van der Waals surface area contributed by atoms with Crippen LogP contribution in [-0.2, 0) is 17.7 Å². The second-order valence-electron chi connectivity index (χ2n) is 9.53. The lowest BCUT2D eigenvalue weighted by atomic mass is 9.96. The quantitative estimate of drug-likeness (QED) is 0.465. The number of rotatable bonds is 5. The van der Waals surface area contributed by atoms with Crippen LogP contribution >= 0.6 is 0 Å². The number of carbonyl (C=O) groups is 2. The van der Waals surface area contributed by atoms with Crippen LogP contribution < -0.4 is 4.90 Å². The predicted molar refractivity (Wildman–Crippen MR) is 130 cm³/mol. The van der Waals surface area contributed by atoms with Crippen LogP contribution in [0.25, 0.3) is 11.1 Å². The van der Waals surface area contributed by atoms with E-state index in [1.54, 1.807) is 42.5 Å². The number of ether oxygens (including phenoxy) is 1. The van der Waals surface area contributed by atoms with Crippen LogP contribution in [0.2, 0.25) is 0 Å². The van der Waals surface area contributed by atoms with Crippen molar-refractivity contribution in [1.29, 1.82) is 0 Å². The Labute approximate surface area is 198 Å². The summed E-state index contributed by atoms with van der Waals surface area (Å²) >= 11 is 0. The Kier molecular flexibility index (Phi) is 6.42.